The van der Waals surface area contributed by atoms with Crippen molar-refractivity contribution < 1.29 is 22.6 Å². The second kappa shape index (κ2) is 12.5. The van der Waals surface area contributed by atoms with E-state index in [0.717, 1.165) is 51.5 Å². The topological polar surface area (TPSA) is 87.7 Å². The molecule has 6 aliphatic heterocycles. The van der Waals surface area contributed by atoms with Gasteiger partial charge in [0, 0.05) is 56.2 Å². The van der Waals surface area contributed by atoms with Gasteiger partial charge in [0.25, 0.3) is 0 Å². The van der Waals surface area contributed by atoms with Crippen LogP contribution in [0.4, 0.5) is 19.0 Å². The number of fused-ring (bicyclic) bond motifs is 8. The summed E-state index contributed by atoms with van der Waals surface area (Å²) in [4.78, 5) is 18.4. The van der Waals surface area contributed by atoms with Crippen molar-refractivity contribution in [1.29, 1.82) is 0 Å². The summed E-state index contributed by atoms with van der Waals surface area (Å²) >= 11 is 7.06. The van der Waals surface area contributed by atoms with Crippen LogP contribution in [0.5, 0.6) is 6.01 Å². The summed E-state index contributed by atoms with van der Waals surface area (Å²) in [6.07, 6.45) is 8.08. The number of hydrazine groups is 1. The molecular weight excluding hydrogens is 619 g/mol. The monoisotopic (exact) mass is 663 g/mol. The van der Waals surface area contributed by atoms with Crippen molar-refractivity contribution in [2.24, 2.45) is 11.8 Å². The SMILES string of the molecule is Fc1c2ncc3c(nc(OC[C@@]45CCCN4C[C@H](F)C5)nc13)N1CCCC[C@@](F)(COCCCCC3C(Cl)CC4NNCC4C23)C1. The van der Waals surface area contributed by atoms with Gasteiger partial charge in [-0.1, -0.05) is 6.42 Å². The van der Waals surface area contributed by atoms with Gasteiger partial charge in [0.2, 0.25) is 0 Å². The van der Waals surface area contributed by atoms with Crippen LogP contribution >= 0.6 is 11.6 Å². The van der Waals surface area contributed by atoms with Crippen LogP contribution in [0.2, 0.25) is 0 Å². The van der Waals surface area contributed by atoms with E-state index >= 15 is 8.78 Å². The maximum atomic E-state index is 17.1. The Kier molecular flexibility index (Phi) is 8.48. The van der Waals surface area contributed by atoms with Gasteiger partial charge in [-0.25, -0.2) is 13.2 Å². The zero-order chi connectivity index (χ0) is 31.5. The van der Waals surface area contributed by atoms with Crippen molar-refractivity contribution >= 4 is 28.3 Å². The van der Waals surface area contributed by atoms with Crippen LogP contribution in [0.1, 0.15) is 75.8 Å². The number of rotatable bonds is 3. The molecule has 4 saturated heterocycles. The lowest BCUT2D eigenvalue weighted by Crippen LogP contribution is -2.45. The Morgan fingerprint density at radius 2 is 2.02 bits per heavy atom. The second-order valence-electron chi connectivity index (χ2n) is 14.7. The fourth-order valence-electron chi connectivity index (χ4n) is 9.50. The van der Waals surface area contributed by atoms with Gasteiger partial charge in [-0.05, 0) is 69.7 Å². The molecule has 1 saturated carbocycles. The molecule has 0 aromatic carbocycles. The number of halogens is 4. The van der Waals surface area contributed by atoms with Crippen molar-refractivity contribution in [3.63, 3.8) is 0 Å². The van der Waals surface area contributed by atoms with Gasteiger partial charge < -0.3 is 14.4 Å². The standard InChI is InChI=1S/C33H45ClF3N7O2/c34-24-12-25-22(15-39-42-25)26-21(24)6-1-4-11-45-18-32(37)7-2-3-9-43(17-32)30-23-14-38-29(26)27(36)28(23)40-31(41-30)46-19-33-8-5-10-44(33)16-20(35)13-33/h14,20-22,24-26,39,42H,1-13,15-19H2/t20-,21?,22?,24?,25?,26?,32+,33+/m1/s1. The van der Waals surface area contributed by atoms with Crippen molar-refractivity contribution in [2.75, 3.05) is 57.4 Å². The van der Waals surface area contributed by atoms with E-state index in [0.29, 0.717) is 62.4 Å². The molecule has 13 heteroatoms. The molecule has 0 amide bonds. The maximum absolute atomic E-state index is 17.1. The summed E-state index contributed by atoms with van der Waals surface area (Å²) in [5.41, 5.74) is 5.15. The molecule has 46 heavy (non-hydrogen) atoms. The number of nitrogens with zero attached hydrogens (tertiary/aromatic N) is 5. The first-order valence-electron chi connectivity index (χ1n) is 17.3. The molecule has 9 rings (SSSR count). The Labute approximate surface area is 273 Å². The first-order valence-corrected chi connectivity index (χ1v) is 17.8. The van der Waals surface area contributed by atoms with Gasteiger partial charge in [-0.3, -0.25) is 20.7 Å². The number of alkyl halides is 3. The van der Waals surface area contributed by atoms with Gasteiger partial charge in [-0.15, -0.1) is 11.6 Å². The number of pyridine rings is 1. The Hall–Kier alpha value is -1.99. The second-order valence-corrected chi connectivity index (χ2v) is 15.3. The van der Waals surface area contributed by atoms with Crippen molar-refractivity contribution in [1.82, 2.24) is 30.7 Å². The minimum Gasteiger partial charge on any atom is -0.461 e. The molecule has 1 aliphatic carbocycles. The Morgan fingerprint density at radius 3 is 2.93 bits per heavy atom. The van der Waals surface area contributed by atoms with Gasteiger partial charge >= 0.3 is 6.01 Å². The molecular formula is C33H45ClF3N7O2. The van der Waals surface area contributed by atoms with Crippen LogP contribution < -0.4 is 20.5 Å². The lowest BCUT2D eigenvalue weighted by atomic mass is 9.66. The number of aromatic nitrogens is 3. The highest BCUT2D eigenvalue weighted by Gasteiger charge is 2.50. The summed E-state index contributed by atoms with van der Waals surface area (Å²) in [6.45, 7) is 3.26. The fraction of sp³-hybridized carbons (Fsp3) is 0.788. The number of hydrogen-bond donors (Lipinski definition) is 2. The van der Waals surface area contributed by atoms with E-state index in [1.807, 2.05) is 4.90 Å². The third-order valence-electron chi connectivity index (χ3n) is 11.7. The third kappa shape index (κ3) is 5.63. The molecule has 252 valence electrons. The Balaban J connectivity index is 1.24. The third-order valence-corrected chi connectivity index (χ3v) is 12.2. The van der Waals surface area contributed by atoms with Crippen LogP contribution in [0.25, 0.3) is 10.9 Å². The van der Waals surface area contributed by atoms with Gasteiger partial charge in [0.15, 0.2) is 11.5 Å². The van der Waals surface area contributed by atoms with E-state index in [1.54, 1.807) is 6.20 Å². The van der Waals surface area contributed by atoms with Crippen molar-refractivity contribution in [2.45, 2.75) is 98.9 Å². The molecule has 6 bridgehead atoms. The van der Waals surface area contributed by atoms with Gasteiger partial charge in [0.05, 0.1) is 29.8 Å². The van der Waals surface area contributed by atoms with Crippen molar-refractivity contribution in [3.05, 3.63) is 17.7 Å². The molecule has 2 N–H and O–H groups in total. The number of anilines is 1. The predicted molar refractivity (Wildman–Crippen MR) is 169 cm³/mol. The van der Waals surface area contributed by atoms with Gasteiger partial charge in [-0.2, -0.15) is 9.97 Å². The molecule has 0 radical (unpaired) electrons. The van der Waals surface area contributed by atoms with E-state index in [4.69, 9.17) is 31.0 Å². The quantitative estimate of drug-likeness (QED) is 0.449. The molecule has 8 atom stereocenters. The number of ether oxygens (including phenoxy) is 2. The molecule has 5 unspecified atom stereocenters. The molecule has 7 aliphatic rings. The average Bonchev–Trinajstić information content (AvgIpc) is 3.69. The highest BCUT2D eigenvalue weighted by molar-refractivity contribution is 6.21. The molecule has 0 spiro atoms. The van der Waals surface area contributed by atoms with Gasteiger partial charge in [0.1, 0.15) is 24.1 Å². The summed E-state index contributed by atoms with van der Waals surface area (Å²) in [7, 11) is 0. The summed E-state index contributed by atoms with van der Waals surface area (Å²) in [5, 5.41) is 0.280. The lowest BCUT2D eigenvalue weighted by Gasteiger charge is -2.42. The summed E-state index contributed by atoms with van der Waals surface area (Å²) in [5.74, 6) is -0.155. The van der Waals surface area contributed by atoms with Crippen LogP contribution in [-0.4, -0.2) is 101 Å². The first kappa shape index (κ1) is 31.3. The fourth-order valence-corrected chi connectivity index (χ4v) is 9.97. The van der Waals surface area contributed by atoms with Crippen LogP contribution in [0, 0.1) is 17.7 Å². The zero-order valence-electron chi connectivity index (χ0n) is 26.3. The minimum atomic E-state index is -1.58. The minimum absolute atomic E-state index is 0.000657. The molecule has 2 aromatic rings. The molecule has 2 aromatic heterocycles. The largest absolute Gasteiger partial charge is 0.461 e. The highest BCUT2D eigenvalue weighted by atomic mass is 35.5. The van der Waals surface area contributed by atoms with Crippen LogP contribution in [-0.2, 0) is 4.74 Å². The predicted octanol–water partition coefficient (Wildman–Crippen LogP) is 4.82. The number of nitrogens with one attached hydrogen (secondary N) is 2. The van der Waals surface area contributed by atoms with E-state index < -0.39 is 23.2 Å². The van der Waals surface area contributed by atoms with E-state index in [1.165, 1.54) is 0 Å². The summed E-state index contributed by atoms with van der Waals surface area (Å²) in [6, 6.07) is 0.147. The average molecular weight is 664 g/mol. The molecule has 5 fully saturated rings. The van der Waals surface area contributed by atoms with Crippen molar-refractivity contribution in [3.8, 4) is 6.01 Å². The lowest BCUT2D eigenvalue weighted by molar-refractivity contribution is 0.0135. The smallest absolute Gasteiger partial charge is 0.319 e. The molecule has 9 nitrogen and oxygen atoms in total. The van der Waals surface area contributed by atoms with E-state index in [2.05, 4.69) is 20.7 Å². The van der Waals surface area contributed by atoms with Crippen LogP contribution in [0.3, 0.4) is 0 Å². The van der Waals surface area contributed by atoms with Crippen LogP contribution in [0.15, 0.2) is 6.20 Å². The van der Waals surface area contributed by atoms with E-state index in [-0.39, 0.29) is 60.5 Å². The first-order chi connectivity index (χ1) is 22.3. The Morgan fingerprint density at radius 1 is 1.11 bits per heavy atom. The summed E-state index contributed by atoms with van der Waals surface area (Å²) < 4.78 is 60.4. The highest BCUT2D eigenvalue weighted by Crippen LogP contribution is 2.48. The normalized spacial score (nSPS) is 38.6. The molecule has 8 heterocycles. The zero-order valence-corrected chi connectivity index (χ0v) is 27.1. The maximum Gasteiger partial charge on any atom is 0.319 e. The Bertz CT molecular complexity index is 1440. The van der Waals surface area contributed by atoms with E-state index in [9.17, 15) is 4.39 Å². The number of hydrogen-bond acceptors (Lipinski definition) is 9.